The molecule has 112 valence electrons. The Bertz CT molecular complexity index is 462. The summed E-state index contributed by atoms with van der Waals surface area (Å²) in [4.78, 5) is 11.6. The van der Waals surface area contributed by atoms with Crippen LogP contribution in [0.3, 0.4) is 0 Å². The van der Waals surface area contributed by atoms with Crippen molar-refractivity contribution in [2.75, 3.05) is 12.4 Å². The molecule has 0 unspecified atom stereocenters. The summed E-state index contributed by atoms with van der Waals surface area (Å²) in [6.45, 7) is 0.269. The predicted octanol–water partition coefficient (Wildman–Crippen LogP) is 3.98. The SMILES string of the molecule is O=C(NCCCCCCl)c1cccc(C(F)(F)F)c1F. The van der Waals surface area contributed by atoms with Gasteiger partial charge in [0, 0.05) is 12.4 Å². The molecule has 20 heavy (non-hydrogen) atoms. The van der Waals surface area contributed by atoms with Crippen molar-refractivity contribution in [3.63, 3.8) is 0 Å². The Morgan fingerprint density at radius 3 is 2.50 bits per heavy atom. The summed E-state index contributed by atoms with van der Waals surface area (Å²) in [6.07, 6.45) is -2.61. The van der Waals surface area contributed by atoms with Crippen LogP contribution in [0.2, 0.25) is 0 Å². The van der Waals surface area contributed by atoms with Crippen molar-refractivity contribution in [1.82, 2.24) is 5.32 Å². The number of benzene rings is 1. The maximum atomic E-state index is 13.7. The second-order valence-corrected chi connectivity index (χ2v) is 4.55. The molecule has 0 aliphatic rings. The fourth-order valence-electron chi connectivity index (χ4n) is 1.62. The first-order valence-corrected chi connectivity index (χ1v) is 6.61. The Morgan fingerprint density at radius 2 is 1.90 bits per heavy atom. The largest absolute Gasteiger partial charge is 0.419 e. The minimum Gasteiger partial charge on any atom is -0.352 e. The number of nitrogens with one attached hydrogen (secondary N) is 1. The Kier molecular flexibility index (Phi) is 6.26. The maximum absolute atomic E-state index is 13.7. The minimum absolute atomic E-state index is 0.269. The molecule has 0 atom stereocenters. The highest BCUT2D eigenvalue weighted by atomic mass is 35.5. The smallest absolute Gasteiger partial charge is 0.352 e. The van der Waals surface area contributed by atoms with Crippen LogP contribution in [0, 0.1) is 5.82 Å². The van der Waals surface area contributed by atoms with Crippen LogP contribution in [0.1, 0.15) is 35.2 Å². The van der Waals surface area contributed by atoms with E-state index in [-0.39, 0.29) is 6.54 Å². The Hall–Kier alpha value is -1.30. The summed E-state index contributed by atoms with van der Waals surface area (Å²) in [5.41, 5.74) is -2.04. The van der Waals surface area contributed by atoms with E-state index in [0.717, 1.165) is 25.0 Å². The molecule has 0 saturated carbocycles. The van der Waals surface area contributed by atoms with Crippen molar-refractivity contribution in [1.29, 1.82) is 0 Å². The Labute approximate surface area is 119 Å². The van der Waals surface area contributed by atoms with E-state index in [1.807, 2.05) is 0 Å². The van der Waals surface area contributed by atoms with Crippen LogP contribution in [-0.2, 0) is 6.18 Å². The Balaban J connectivity index is 2.69. The monoisotopic (exact) mass is 311 g/mol. The lowest BCUT2D eigenvalue weighted by molar-refractivity contribution is -0.140. The number of rotatable bonds is 6. The molecule has 1 aromatic carbocycles. The molecule has 7 heteroatoms. The first-order valence-electron chi connectivity index (χ1n) is 6.07. The molecule has 1 amide bonds. The lowest BCUT2D eigenvalue weighted by Crippen LogP contribution is -2.26. The van der Waals surface area contributed by atoms with Gasteiger partial charge >= 0.3 is 6.18 Å². The molecule has 0 fully saturated rings. The molecule has 1 aromatic rings. The number of hydrogen-bond donors (Lipinski definition) is 1. The fraction of sp³-hybridized carbons (Fsp3) is 0.462. The van der Waals surface area contributed by atoms with Crippen LogP contribution in [0.15, 0.2) is 18.2 Å². The topological polar surface area (TPSA) is 29.1 Å². The van der Waals surface area contributed by atoms with E-state index < -0.39 is 29.0 Å². The van der Waals surface area contributed by atoms with Gasteiger partial charge < -0.3 is 5.32 Å². The standard InChI is InChI=1S/C13H14ClF4NO/c14-7-2-1-3-8-19-12(20)9-5-4-6-10(11(9)15)13(16,17)18/h4-6H,1-3,7-8H2,(H,19,20). The van der Waals surface area contributed by atoms with Crippen LogP contribution in [0.25, 0.3) is 0 Å². The maximum Gasteiger partial charge on any atom is 0.419 e. The van der Waals surface area contributed by atoms with E-state index in [9.17, 15) is 22.4 Å². The molecule has 1 rings (SSSR count). The van der Waals surface area contributed by atoms with Crippen LogP contribution in [-0.4, -0.2) is 18.3 Å². The van der Waals surface area contributed by atoms with Gasteiger partial charge in [-0.15, -0.1) is 11.6 Å². The number of amides is 1. The molecular weight excluding hydrogens is 298 g/mol. The molecule has 0 aliphatic carbocycles. The van der Waals surface area contributed by atoms with Crippen LogP contribution < -0.4 is 5.32 Å². The van der Waals surface area contributed by atoms with Crippen molar-refractivity contribution < 1.29 is 22.4 Å². The number of hydrogen-bond acceptors (Lipinski definition) is 1. The van der Waals surface area contributed by atoms with E-state index in [2.05, 4.69) is 5.32 Å². The molecule has 0 heterocycles. The highest BCUT2D eigenvalue weighted by Crippen LogP contribution is 2.32. The molecule has 0 aromatic heterocycles. The molecule has 0 radical (unpaired) electrons. The number of unbranched alkanes of at least 4 members (excludes halogenated alkanes) is 2. The third-order valence-electron chi connectivity index (χ3n) is 2.64. The third kappa shape index (κ3) is 4.67. The first kappa shape index (κ1) is 16.8. The van der Waals surface area contributed by atoms with Crippen LogP contribution in [0.4, 0.5) is 17.6 Å². The molecule has 2 nitrogen and oxygen atoms in total. The van der Waals surface area contributed by atoms with Crippen molar-refractivity contribution in [2.45, 2.75) is 25.4 Å². The summed E-state index contributed by atoms with van der Waals surface area (Å²) in [6, 6.07) is 2.64. The van der Waals surface area contributed by atoms with Crippen molar-refractivity contribution in [3.05, 3.63) is 35.1 Å². The number of carbonyl (C=O) groups excluding carboxylic acids is 1. The van der Waals surface area contributed by atoms with Gasteiger partial charge in [-0.3, -0.25) is 4.79 Å². The van der Waals surface area contributed by atoms with Crippen molar-refractivity contribution >= 4 is 17.5 Å². The number of carbonyl (C=O) groups is 1. The van der Waals surface area contributed by atoms with Gasteiger partial charge in [0.05, 0.1) is 11.1 Å². The van der Waals surface area contributed by atoms with E-state index in [0.29, 0.717) is 18.4 Å². The quantitative estimate of drug-likeness (QED) is 0.480. The summed E-state index contributed by atoms with van der Waals surface area (Å²) in [7, 11) is 0. The summed E-state index contributed by atoms with van der Waals surface area (Å²) >= 11 is 5.48. The van der Waals surface area contributed by atoms with E-state index in [1.165, 1.54) is 0 Å². The van der Waals surface area contributed by atoms with Gasteiger partial charge in [0.15, 0.2) is 0 Å². The molecule has 1 N–H and O–H groups in total. The van der Waals surface area contributed by atoms with Crippen molar-refractivity contribution in [2.24, 2.45) is 0 Å². The highest BCUT2D eigenvalue weighted by molar-refractivity contribution is 6.17. The highest BCUT2D eigenvalue weighted by Gasteiger charge is 2.35. The minimum atomic E-state index is -4.82. The van der Waals surface area contributed by atoms with E-state index >= 15 is 0 Å². The van der Waals surface area contributed by atoms with Gasteiger partial charge in [-0.05, 0) is 25.0 Å². The van der Waals surface area contributed by atoms with Crippen LogP contribution >= 0.6 is 11.6 Å². The predicted molar refractivity (Wildman–Crippen MR) is 68.3 cm³/mol. The average Bonchev–Trinajstić information content (AvgIpc) is 2.37. The lowest BCUT2D eigenvalue weighted by Gasteiger charge is -2.11. The summed E-state index contributed by atoms with van der Waals surface area (Å²) < 4.78 is 51.1. The van der Waals surface area contributed by atoms with Gasteiger partial charge in [0.1, 0.15) is 5.82 Å². The zero-order valence-corrected chi connectivity index (χ0v) is 11.3. The van der Waals surface area contributed by atoms with Gasteiger partial charge in [0.2, 0.25) is 0 Å². The molecule has 0 saturated heterocycles. The lowest BCUT2D eigenvalue weighted by atomic mass is 10.1. The van der Waals surface area contributed by atoms with Crippen LogP contribution in [0.5, 0.6) is 0 Å². The van der Waals surface area contributed by atoms with Gasteiger partial charge in [-0.25, -0.2) is 4.39 Å². The molecule has 0 bridgehead atoms. The van der Waals surface area contributed by atoms with Crippen molar-refractivity contribution in [3.8, 4) is 0 Å². The molecule has 0 spiro atoms. The van der Waals surface area contributed by atoms with Gasteiger partial charge in [-0.1, -0.05) is 12.5 Å². The van der Waals surface area contributed by atoms with Gasteiger partial charge in [-0.2, -0.15) is 13.2 Å². The second-order valence-electron chi connectivity index (χ2n) is 4.17. The molecular formula is C13H14ClF4NO. The normalized spacial score (nSPS) is 11.4. The fourth-order valence-corrected chi connectivity index (χ4v) is 1.81. The summed E-state index contributed by atoms with van der Waals surface area (Å²) in [5.74, 6) is -1.88. The Morgan fingerprint density at radius 1 is 1.20 bits per heavy atom. The van der Waals surface area contributed by atoms with E-state index in [4.69, 9.17) is 11.6 Å². The number of halogens is 5. The number of alkyl halides is 4. The van der Waals surface area contributed by atoms with E-state index in [1.54, 1.807) is 0 Å². The zero-order chi connectivity index (χ0) is 15.2. The third-order valence-corrected chi connectivity index (χ3v) is 2.91. The first-order chi connectivity index (χ1) is 9.38. The van der Waals surface area contributed by atoms with Gasteiger partial charge in [0.25, 0.3) is 5.91 Å². The average molecular weight is 312 g/mol. The second kappa shape index (κ2) is 7.47. The molecule has 0 aliphatic heterocycles. The zero-order valence-electron chi connectivity index (χ0n) is 10.6. The summed E-state index contributed by atoms with van der Waals surface area (Å²) in [5, 5.41) is 2.39.